The second kappa shape index (κ2) is 12.3. The standard InChI is InChI=1S/C28H37F2N3O6S2/c1-15-21(41(37,38)33-28(2,3)4)11-10-19(22(15)39-27(29)30)23-20(12-16-8-6-5-7-9-16)32-25(40-23)24(34)31-18-13-17(14-18)26(35)36/h10-11,16-18,27,33H,5-9,12-14H2,1-4H3,(H,31,34)(H,35,36). The number of thiazole rings is 1. The molecule has 2 aliphatic carbocycles. The number of hydrogen-bond acceptors (Lipinski definition) is 7. The van der Waals surface area contributed by atoms with Crippen molar-refractivity contribution in [2.24, 2.45) is 11.8 Å². The van der Waals surface area contributed by atoms with E-state index in [2.05, 4.69) is 15.0 Å². The summed E-state index contributed by atoms with van der Waals surface area (Å²) >= 11 is 1.04. The minimum atomic E-state index is -4.06. The number of halogens is 2. The van der Waals surface area contributed by atoms with Crippen LogP contribution in [-0.2, 0) is 21.2 Å². The van der Waals surface area contributed by atoms with Crippen molar-refractivity contribution in [1.29, 1.82) is 0 Å². The minimum absolute atomic E-state index is 0.0248. The third kappa shape index (κ3) is 7.61. The van der Waals surface area contributed by atoms with Crippen LogP contribution in [0.25, 0.3) is 10.4 Å². The Morgan fingerprint density at radius 2 is 1.83 bits per heavy atom. The van der Waals surface area contributed by atoms with E-state index in [4.69, 9.17) is 9.84 Å². The van der Waals surface area contributed by atoms with E-state index < -0.39 is 40.0 Å². The number of nitrogens with one attached hydrogen (secondary N) is 2. The van der Waals surface area contributed by atoms with Crippen molar-refractivity contribution in [2.45, 2.75) is 102 Å². The van der Waals surface area contributed by atoms with E-state index in [0.717, 1.165) is 43.4 Å². The Bertz CT molecular complexity index is 1390. The van der Waals surface area contributed by atoms with Crippen molar-refractivity contribution in [3.63, 3.8) is 0 Å². The number of carboxylic acids is 1. The zero-order valence-electron chi connectivity index (χ0n) is 23.6. The van der Waals surface area contributed by atoms with Crippen molar-refractivity contribution in [2.75, 3.05) is 0 Å². The van der Waals surface area contributed by atoms with Gasteiger partial charge in [0.1, 0.15) is 5.75 Å². The molecule has 0 atom stereocenters. The zero-order chi connectivity index (χ0) is 30.1. The number of hydrogen-bond donors (Lipinski definition) is 3. The lowest BCUT2D eigenvalue weighted by molar-refractivity contribution is -0.145. The van der Waals surface area contributed by atoms with E-state index >= 15 is 0 Å². The van der Waals surface area contributed by atoms with Crippen LogP contribution in [0.5, 0.6) is 5.75 Å². The van der Waals surface area contributed by atoms with E-state index in [-0.39, 0.29) is 32.8 Å². The molecule has 1 aromatic carbocycles. The normalized spacial score (nSPS) is 20.1. The first-order valence-electron chi connectivity index (χ1n) is 13.8. The van der Waals surface area contributed by atoms with Crippen LogP contribution >= 0.6 is 11.3 Å². The fourth-order valence-corrected chi connectivity index (χ4v) is 8.17. The molecule has 4 rings (SSSR count). The predicted octanol–water partition coefficient (Wildman–Crippen LogP) is 5.51. The molecule has 0 saturated heterocycles. The highest BCUT2D eigenvalue weighted by Crippen LogP contribution is 2.43. The maximum Gasteiger partial charge on any atom is 0.387 e. The molecule has 3 N–H and O–H groups in total. The van der Waals surface area contributed by atoms with Crippen LogP contribution in [0.1, 0.15) is 86.8 Å². The number of ether oxygens (including phenoxy) is 1. The Balaban J connectivity index is 1.74. The van der Waals surface area contributed by atoms with Gasteiger partial charge in [0.15, 0.2) is 5.01 Å². The third-order valence-electron chi connectivity index (χ3n) is 7.46. The highest BCUT2D eigenvalue weighted by Gasteiger charge is 2.36. The van der Waals surface area contributed by atoms with Gasteiger partial charge in [-0.1, -0.05) is 32.1 Å². The summed E-state index contributed by atoms with van der Waals surface area (Å²) < 4.78 is 61.1. The van der Waals surface area contributed by atoms with Gasteiger partial charge in [-0.05, 0) is 65.0 Å². The van der Waals surface area contributed by atoms with Crippen molar-refractivity contribution >= 4 is 33.2 Å². The number of carbonyl (C=O) groups excluding carboxylic acids is 1. The van der Waals surface area contributed by atoms with Gasteiger partial charge < -0.3 is 15.2 Å². The molecular weight excluding hydrogens is 576 g/mol. The molecule has 0 spiro atoms. The van der Waals surface area contributed by atoms with Crippen molar-refractivity contribution in [3.8, 4) is 16.2 Å². The lowest BCUT2D eigenvalue weighted by atomic mass is 9.80. The van der Waals surface area contributed by atoms with Gasteiger partial charge in [0.2, 0.25) is 10.0 Å². The molecule has 1 amide bonds. The molecule has 2 aromatic rings. The molecule has 0 radical (unpaired) electrons. The largest absolute Gasteiger partial charge is 0.481 e. The first-order valence-corrected chi connectivity index (χ1v) is 16.1. The monoisotopic (exact) mass is 613 g/mol. The first-order chi connectivity index (χ1) is 19.1. The number of sulfonamides is 1. The summed E-state index contributed by atoms with van der Waals surface area (Å²) in [6.07, 6.45) is 6.50. The molecular formula is C28H37F2N3O6S2. The second-order valence-electron chi connectivity index (χ2n) is 12.0. The average Bonchev–Trinajstić information content (AvgIpc) is 3.24. The number of carbonyl (C=O) groups is 2. The summed E-state index contributed by atoms with van der Waals surface area (Å²) in [7, 11) is -4.06. The van der Waals surface area contributed by atoms with Crippen molar-refractivity contribution < 1.29 is 36.6 Å². The highest BCUT2D eigenvalue weighted by atomic mass is 32.2. The lowest BCUT2D eigenvalue weighted by Gasteiger charge is -2.32. The maximum atomic E-state index is 13.7. The molecule has 13 heteroatoms. The van der Waals surface area contributed by atoms with E-state index in [1.807, 2.05) is 0 Å². The topological polar surface area (TPSA) is 135 Å². The number of amides is 1. The van der Waals surface area contributed by atoms with Crippen LogP contribution < -0.4 is 14.8 Å². The highest BCUT2D eigenvalue weighted by molar-refractivity contribution is 7.89. The minimum Gasteiger partial charge on any atom is -0.481 e. The van der Waals surface area contributed by atoms with Gasteiger partial charge in [0.05, 0.1) is 21.4 Å². The van der Waals surface area contributed by atoms with Gasteiger partial charge >= 0.3 is 12.6 Å². The molecule has 9 nitrogen and oxygen atoms in total. The van der Waals surface area contributed by atoms with Crippen LogP contribution in [-0.4, -0.2) is 48.6 Å². The van der Waals surface area contributed by atoms with Crippen LogP contribution in [0.15, 0.2) is 17.0 Å². The number of benzene rings is 1. The average molecular weight is 614 g/mol. The van der Waals surface area contributed by atoms with Gasteiger partial charge in [0.25, 0.3) is 5.91 Å². The Labute approximate surface area is 243 Å². The fourth-order valence-electron chi connectivity index (χ4n) is 5.49. The Kier molecular flexibility index (Phi) is 9.39. The zero-order valence-corrected chi connectivity index (χ0v) is 25.3. The van der Waals surface area contributed by atoms with E-state index in [1.165, 1.54) is 19.1 Å². The molecule has 2 saturated carbocycles. The molecule has 1 aromatic heterocycles. The van der Waals surface area contributed by atoms with E-state index in [9.17, 15) is 26.8 Å². The third-order valence-corrected chi connectivity index (χ3v) is 10.5. The number of rotatable bonds is 10. The molecule has 2 aliphatic rings. The smallest absolute Gasteiger partial charge is 0.387 e. The van der Waals surface area contributed by atoms with Crippen LogP contribution in [0.4, 0.5) is 8.78 Å². The van der Waals surface area contributed by atoms with Gasteiger partial charge in [-0.2, -0.15) is 8.78 Å². The van der Waals surface area contributed by atoms with Crippen LogP contribution in [0, 0.1) is 18.8 Å². The summed E-state index contributed by atoms with van der Waals surface area (Å²) in [6.45, 7) is 3.25. The van der Waals surface area contributed by atoms with E-state index in [1.54, 1.807) is 20.8 Å². The maximum absolute atomic E-state index is 13.7. The molecule has 2 fully saturated rings. The SMILES string of the molecule is Cc1c(S(=O)(=O)NC(C)(C)C)ccc(-c2sc(C(=O)NC3CC(C(=O)O)C3)nc2CC2CCCCC2)c1OC(F)F. The molecule has 0 bridgehead atoms. The first kappa shape index (κ1) is 31.3. The van der Waals surface area contributed by atoms with Crippen LogP contribution in [0.2, 0.25) is 0 Å². The molecule has 226 valence electrons. The number of aromatic nitrogens is 1. The second-order valence-corrected chi connectivity index (χ2v) is 14.6. The molecule has 0 unspecified atom stereocenters. The summed E-state index contributed by atoms with van der Waals surface area (Å²) in [6, 6.07) is 2.52. The number of alkyl halides is 2. The lowest BCUT2D eigenvalue weighted by Crippen LogP contribution is -2.46. The Morgan fingerprint density at radius 1 is 1.17 bits per heavy atom. The molecule has 1 heterocycles. The van der Waals surface area contributed by atoms with Crippen molar-refractivity contribution in [1.82, 2.24) is 15.0 Å². The van der Waals surface area contributed by atoms with Crippen LogP contribution in [0.3, 0.4) is 0 Å². The van der Waals surface area contributed by atoms with Gasteiger partial charge in [-0.25, -0.2) is 18.1 Å². The van der Waals surface area contributed by atoms with Gasteiger partial charge in [-0.15, -0.1) is 11.3 Å². The number of carboxylic acid groups (broad SMARTS) is 1. The number of aliphatic carboxylic acids is 1. The summed E-state index contributed by atoms with van der Waals surface area (Å²) in [4.78, 5) is 29.2. The van der Waals surface area contributed by atoms with Gasteiger partial charge in [0, 0.05) is 22.7 Å². The molecule has 0 aliphatic heterocycles. The summed E-state index contributed by atoms with van der Waals surface area (Å²) in [5.41, 5.74) is 0.0447. The fraction of sp³-hybridized carbons (Fsp3) is 0.607. The summed E-state index contributed by atoms with van der Waals surface area (Å²) in [5.74, 6) is -1.80. The quantitative estimate of drug-likeness (QED) is 0.322. The van der Waals surface area contributed by atoms with Crippen molar-refractivity contribution in [3.05, 3.63) is 28.4 Å². The van der Waals surface area contributed by atoms with Gasteiger partial charge in [-0.3, -0.25) is 9.59 Å². The van der Waals surface area contributed by atoms with E-state index in [0.29, 0.717) is 35.8 Å². The predicted molar refractivity (Wildman–Crippen MR) is 151 cm³/mol. The number of nitrogens with zero attached hydrogens (tertiary/aromatic N) is 1. The molecule has 41 heavy (non-hydrogen) atoms. The summed E-state index contributed by atoms with van der Waals surface area (Å²) in [5, 5.41) is 12.1. The Hall–Kier alpha value is -2.64. The Morgan fingerprint density at radius 3 is 2.41 bits per heavy atom.